The first-order valence-corrected chi connectivity index (χ1v) is 38.5. The first kappa shape index (κ1) is 51.3. The molecule has 5 heterocycles. The van der Waals surface area contributed by atoms with Crippen molar-refractivity contribution in [3.63, 3.8) is 0 Å². The molecule has 6 aliphatic carbocycles. The minimum absolute atomic E-state index is 0.216. The van der Waals surface area contributed by atoms with Gasteiger partial charge in [-0.25, -0.2) is 0 Å². The molecular weight excluding hydrogens is 1030 g/mol. The molecule has 0 aromatic rings. The number of hydrogen-bond donors (Lipinski definition) is 0. The fraction of sp³-hybridized carbons (Fsp3) is 1.00. The third-order valence-electron chi connectivity index (χ3n) is 15.9. The van der Waals surface area contributed by atoms with E-state index in [2.05, 4.69) is 0 Å². The van der Waals surface area contributed by atoms with Crippen LogP contribution in [0.4, 0.5) is 26.3 Å². The van der Waals surface area contributed by atoms with Crippen LogP contribution in [0.5, 0.6) is 0 Å². The maximum Gasteiger partial charge on any atom is 0.522 e. The minimum atomic E-state index is -6.43. The Hall–Kier alpha value is 0.381. The highest BCUT2D eigenvalue weighted by atomic mass is 32.2. The Labute approximate surface area is 391 Å². The molecule has 0 N–H and O–H groups in total. The van der Waals surface area contributed by atoms with Gasteiger partial charge in [0.2, 0.25) is 0 Å². The van der Waals surface area contributed by atoms with E-state index in [1.807, 2.05) is 0 Å². The zero-order valence-corrected chi connectivity index (χ0v) is 45.1. The first-order chi connectivity index (χ1) is 31.2. The SMILES string of the molecule is O=S(=O)(O[Si]1(C2CCCCC2)O[Si]2(C3CCCCC3)O[Si]3(C4CCCCC4)O[Si](C4CCCCC4)(O[Si](C4CCCCC4)(O2)O[Si](OS(=O)(=O)C(F)(F)F)(C2CCCCC2)O3)O1)C(F)(F)F. The lowest BCUT2D eigenvalue weighted by Crippen LogP contribution is -2.87. The van der Waals surface area contributed by atoms with E-state index in [1.165, 1.54) is 0 Å². The van der Waals surface area contributed by atoms with Crippen LogP contribution in [0.3, 0.4) is 0 Å². The smallest absolute Gasteiger partial charge is 0.373 e. The normalized spacial score (nSPS) is 39.8. The van der Waals surface area contributed by atoms with Gasteiger partial charge in [0.05, 0.1) is 0 Å². The van der Waals surface area contributed by atoms with Crippen LogP contribution in [0.2, 0.25) is 33.2 Å². The molecule has 0 aromatic carbocycles. The van der Waals surface area contributed by atoms with Crippen LogP contribution in [0.1, 0.15) is 193 Å². The Morgan fingerprint density at radius 2 is 0.485 bits per heavy atom. The fourth-order valence-electron chi connectivity index (χ4n) is 12.6. The molecule has 28 heteroatoms. The Bertz CT molecular complexity index is 1710. The Balaban J connectivity index is 1.37. The van der Waals surface area contributed by atoms with Crippen LogP contribution in [-0.2, 0) is 60.9 Å². The van der Waals surface area contributed by atoms with Crippen molar-refractivity contribution in [3.05, 3.63) is 0 Å². The first-order valence-electron chi connectivity index (χ1n) is 24.8. The molecule has 0 atom stereocenters. The highest BCUT2D eigenvalue weighted by Crippen LogP contribution is 2.63. The van der Waals surface area contributed by atoms with Gasteiger partial charge in [0.1, 0.15) is 0 Å². The van der Waals surface area contributed by atoms with Crippen LogP contribution in [0.15, 0.2) is 0 Å². The van der Waals surface area contributed by atoms with Gasteiger partial charge in [0.15, 0.2) is 0 Å². The number of halogens is 6. The molecule has 5 aliphatic heterocycles. The van der Waals surface area contributed by atoms with Gasteiger partial charge in [-0.3, -0.25) is 7.74 Å². The van der Waals surface area contributed by atoms with Gasteiger partial charge in [-0.15, -0.1) is 0 Å². The Morgan fingerprint density at radius 1 is 0.303 bits per heavy atom. The molecule has 5 saturated heterocycles. The Kier molecular flexibility index (Phi) is 15.0. The van der Waals surface area contributed by atoms with Crippen molar-refractivity contribution in [1.82, 2.24) is 0 Å². The second kappa shape index (κ2) is 19.3. The summed E-state index contributed by atoms with van der Waals surface area (Å²) in [5.41, 5.74) is -16.5. The zero-order chi connectivity index (χ0) is 46.7. The van der Waals surface area contributed by atoms with Crippen molar-refractivity contribution in [1.29, 1.82) is 0 Å². The molecule has 11 fully saturated rings. The van der Waals surface area contributed by atoms with Crippen LogP contribution in [0, 0.1) is 0 Å². The Morgan fingerprint density at radius 3 is 0.667 bits per heavy atom. The molecule has 6 saturated carbocycles. The quantitative estimate of drug-likeness (QED) is 0.115. The van der Waals surface area contributed by atoms with Crippen molar-refractivity contribution in [3.8, 4) is 0 Å². The molecule has 0 spiro atoms. The highest BCUT2D eigenvalue weighted by Gasteiger charge is 2.85. The van der Waals surface area contributed by atoms with E-state index in [0.29, 0.717) is 128 Å². The number of rotatable bonds is 10. The average Bonchev–Trinajstić information content (AvgIpc) is 3.28. The molecular formula is C38H66F6O14S2Si6. The molecule has 0 aromatic heterocycles. The molecule has 0 amide bonds. The van der Waals surface area contributed by atoms with Gasteiger partial charge in [0.25, 0.3) is 0 Å². The van der Waals surface area contributed by atoms with Gasteiger partial charge in [0, 0.05) is 33.2 Å². The summed E-state index contributed by atoms with van der Waals surface area (Å²) in [6.07, 6.45) is 15.7. The third-order valence-corrected chi connectivity index (χ3v) is 48.3. The summed E-state index contributed by atoms with van der Waals surface area (Å²) in [5.74, 6) is 0. The van der Waals surface area contributed by atoms with Crippen LogP contribution >= 0.6 is 0 Å². The van der Waals surface area contributed by atoms with E-state index in [0.717, 1.165) is 38.5 Å². The average molecular weight is 1090 g/mol. The van der Waals surface area contributed by atoms with Gasteiger partial charge in [-0.1, -0.05) is 116 Å². The van der Waals surface area contributed by atoms with Gasteiger partial charge in [-0.05, 0) is 77.0 Å². The lowest BCUT2D eigenvalue weighted by Gasteiger charge is -2.64. The summed E-state index contributed by atoms with van der Waals surface area (Å²) in [4.78, 5) is 0. The minimum Gasteiger partial charge on any atom is -0.373 e. The molecule has 11 aliphatic rings. The maximum atomic E-state index is 14.9. The van der Waals surface area contributed by atoms with E-state index in [1.54, 1.807) is 0 Å². The van der Waals surface area contributed by atoms with Gasteiger partial charge < -0.3 is 32.9 Å². The second-order valence-corrected chi connectivity index (χ2v) is 43.2. The number of alkyl halides is 6. The summed E-state index contributed by atoms with van der Waals surface area (Å²) in [5, 5.41) is 0. The van der Waals surface area contributed by atoms with E-state index in [9.17, 15) is 43.2 Å². The molecule has 0 radical (unpaired) electrons. The summed E-state index contributed by atoms with van der Waals surface area (Å²) < 4.78 is 217. The fourth-order valence-corrected chi connectivity index (χ4v) is 56.2. The summed E-state index contributed by atoms with van der Waals surface area (Å²) in [6.45, 7) is 0. The van der Waals surface area contributed by atoms with Crippen LogP contribution < -0.4 is 0 Å². The summed E-state index contributed by atoms with van der Waals surface area (Å²) in [6, 6.07) is 0. The summed E-state index contributed by atoms with van der Waals surface area (Å²) in [7, 11) is -43.5. The standard InChI is InChI=1S/C38H66F6O14S2Si6/c39-37(40,41)59(45,46)49-61(31-19-7-1-8-20-31)51-63(33-23-11-3-12-24-33)55-65(35-27-15-5-16-28-35)53-62(32-21-9-2-10-22-32,50-60(47,48)38(42,43)44)54-66(56-63,36-29-17-6-18-30-36)58-64(52-61,57-65)34-25-13-4-14-26-34/h31-36H,1-30H2. The largest absolute Gasteiger partial charge is 0.522 e. The zero-order valence-electron chi connectivity index (χ0n) is 37.5. The van der Waals surface area contributed by atoms with Crippen molar-refractivity contribution >= 4 is 73.1 Å². The highest BCUT2D eigenvalue weighted by molar-refractivity contribution is 7.88. The predicted molar refractivity (Wildman–Crippen MR) is 236 cm³/mol. The topological polar surface area (TPSA) is 161 Å². The molecule has 0 unspecified atom stereocenters. The van der Waals surface area contributed by atoms with E-state index < -0.39 is 117 Å². The molecule has 14 nitrogen and oxygen atoms in total. The van der Waals surface area contributed by atoms with Crippen molar-refractivity contribution in [2.75, 3.05) is 0 Å². The lowest BCUT2D eigenvalue weighted by atomic mass is 10.0. The lowest BCUT2D eigenvalue weighted by molar-refractivity contribution is -0.0592. The molecule has 11 rings (SSSR count). The monoisotopic (exact) mass is 1090 g/mol. The van der Waals surface area contributed by atoms with Gasteiger partial charge in [-0.2, -0.15) is 43.2 Å². The van der Waals surface area contributed by atoms with Crippen LogP contribution in [0.25, 0.3) is 0 Å². The van der Waals surface area contributed by atoms with Crippen molar-refractivity contribution in [2.24, 2.45) is 0 Å². The predicted octanol–water partition coefficient (Wildman–Crippen LogP) is 11.5. The number of hydrogen-bond acceptors (Lipinski definition) is 14. The van der Waals surface area contributed by atoms with Crippen LogP contribution in [-0.4, -0.2) is 80.7 Å². The molecule has 4 bridgehead atoms. The number of fused-ring (bicyclic) bond motifs is 4. The molecule has 66 heavy (non-hydrogen) atoms. The second-order valence-electron chi connectivity index (χ2n) is 20.4. The van der Waals surface area contributed by atoms with E-state index in [4.69, 9.17) is 40.7 Å². The van der Waals surface area contributed by atoms with Gasteiger partial charge >= 0.3 is 84.1 Å². The summed E-state index contributed by atoms with van der Waals surface area (Å²) >= 11 is 0. The van der Waals surface area contributed by atoms with E-state index >= 15 is 0 Å². The third kappa shape index (κ3) is 9.81. The van der Waals surface area contributed by atoms with Crippen molar-refractivity contribution in [2.45, 2.75) is 237 Å². The van der Waals surface area contributed by atoms with Crippen molar-refractivity contribution < 1.29 is 83.8 Å². The maximum absolute atomic E-state index is 14.9. The molecule has 380 valence electrons. The van der Waals surface area contributed by atoms with E-state index in [-0.39, 0.29) is 25.7 Å².